The zero-order chi connectivity index (χ0) is 13.4. The van der Waals surface area contributed by atoms with Crippen molar-refractivity contribution in [2.24, 2.45) is 17.1 Å². The lowest BCUT2D eigenvalue weighted by Gasteiger charge is -2.27. The van der Waals surface area contributed by atoms with Gasteiger partial charge in [0.1, 0.15) is 0 Å². The molecule has 0 aromatic heterocycles. The molecule has 0 spiro atoms. The lowest BCUT2D eigenvalue weighted by atomic mass is 9.78. The van der Waals surface area contributed by atoms with Gasteiger partial charge in [0, 0.05) is 6.54 Å². The molecule has 1 saturated carbocycles. The number of hydrogen-bond donors (Lipinski definition) is 2. The van der Waals surface area contributed by atoms with Crippen LogP contribution in [0.4, 0.5) is 0 Å². The smallest absolute Gasteiger partial charge is 0.311 e. The van der Waals surface area contributed by atoms with Gasteiger partial charge in [-0.25, -0.2) is 0 Å². The van der Waals surface area contributed by atoms with Gasteiger partial charge >= 0.3 is 5.97 Å². The fourth-order valence-corrected chi connectivity index (χ4v) is 2.88. The summed E-state index contributed by atoms with van der Waals surface area (Å²) < 4.78 is 0. The molecule has 3 nitrogen and oxygen atoms in total. The summed E-state index contributed by atoms with van der Waals surface area (Å²) in [6, 6.07) is 0. The molecule has 0 amide bonds. The van der Waals surface area contributed by atoms with Gasteiger partial charge in [0.15, 0.2) is 0 Å². The molecular formula is C15H29NO2. The second-order valence-electron chi connectivity index (χ2n) is 5.81. The number of aliphatic carboxylic acids is 1. The Labute approximate surface area is 111 Å². The number of rotatable bonds is 11. The average Bonchev–Trinajstić information content (AvgIpc) is 3.17. The Hall–Kier alpha value is -0.570. The van der Waals surface area contributed by atoms with Gasteiger partial charge < -0.3 is 10.8 Å². The van der Waals surface area contributed by atoms with Crippen LogP contribution >= 0.6 is 0 Å². The van der Waals surface area contributed by atoms with Crippen LogP contribution in [0, 0.1) is 11.3 Å². The number of unbranched alkanes of at least 4 members (excludes halogenated alkanes) is 6. The van der Waals surface area contributed by atoms with E-state index in [1.165, 1.54) is 32.1 Å². The first kappa shape index (κ1) is 15.5. The third kappa shape index (κ3) is 4.27. The van der Waals surface area contributed by atoms with Crippen LogP contribution < -0.4 is 5.73 Å². The van der Waals surface area contributed by atoms with Crippen LogP contribution in [0.25, 0.3) is 0 Å². The maximum Gasteiger partial charge on any atom is 0.311 e. The van der Waals surface area contributed by atoms with E-state index >= 15 is 0 Å². The summed E-state index contributed by atoms with van der Waals surface area (Å²) in [5, 5.41) is 9.43. The lowest BCUT2D eigenvalue weighted by Crippen LogP contribution is -2.40. The Morgan fingerprint density at radius 1 is 1.17 bits per heavy atom. The van der Waals surface area contributed by atoms with Gasteiger partial charge in [-0.2, -0.15) is 0 Å². The fraction of sp³-hybridized carbons (Fsp3) is 0.933. The van der Waals surface area contributed by atoms with E-state index in [0.29, 0.717) is 12.5 Å². The fourth-order valence-electron chi connectivity index (χ4n) is 2.88. The van der Waals surface area contributed by atoms with Crippen LogP contribution in [-0.2, 0) is 4.79 Å². The summed E-state index contributed by atoms with van der Waals surface area (Å²) in [7, 11) is 0. The highest BCUT2D eigenvalue weighted by atomic mass is 16.4. The van der Waals surface area contributed by atoms with Gasteiger partial charge in [0.2, 0.25) is 0 Å². The summed E-state index contributed by atoms with van der Waals surface area (Å²) in [4.78, 5) is 11.5. The molecule has 0 bridgehead atoms. The summed E-state index contributed by atoms with van der Waals surface area (Å²) >= 11 is 0. The van der Waals surface area contributed by atoms with Crippen molar-refractivity contribution in [3.63, 3.8) is 0 Å². The molecule has 0 aromatic carbocycles. The molecule has 1 aliphatic carbocycles. The molecule has 1 unspecified atom stereocenters. The molecule has 1 atom stereocenters. The van der Waals surface area contributed by atoms with Crippen molar-refractivity contribution < 1.29 is 9.90 Å². The first-order valence-corrected chi connectivity index (χ1v) is 7.61. The molecule has 3 heteroatoms. The van der Waals surface area contributed by atoms with Gasteiger partial charge in [-0.05, 0) is 25.2 Å². The van der Waals surface area contributed by atoms with Crippen LogP contribution in [0.15, 0.2) is 0 Å². The number of carboxylic acids is 1. The normalized spacial score (nSPS) is 18.6. The molecule has 3 N–H and O–H groups in total. The summed E-state index contributed by atoms with van der Waals surface area (Å²) in [6.45, 7) is 2.53. The molecule has 0 saturated heterocycles. The molecule has 1 fully saturated rings. The van der Waals surface area contributed by atoms with E-state index < -0.39 is 11.4 Å². The largest absolute Gasteiger partial charge is 0.481 e. The van der Waals surface area contributed by atoms with Gasteiger partial charge in [-0.3, -0.25) is 4.79 Å². The van der Waals surface area contributed by atoms with E-state index in [-0.39, 0.29) is 0 Å². The predicted octanol–water partition coefficient (Wildman–Crippen LogP) is 3.57. The lowest BCUT2D eigenvalue weighted by molar-refractivity contribution is -0.150. The molecular weight excluding hydrogens is 226 g/mol. The third-order valence-corrected chi connectivity index (χ3v) is 4.38. The quantitative estimate of drug-likeness (QED) is 0.555. The first-order chi connectivity index (χ1) is 8.67. The zero-order valence-electron chi connectivity index (χ0n) is 11.8. The molecule has 18 heavy (non-hydrogen) atoms. The van der Waals surface area contributed by atoms with Gasteiger partial charge in [-0.15, -0.1) is 0 Å². The van der Waals surface area contributed by atoms with E-state index in [1.54, 1.807) is 0 Å². The van der Waals surface area contributed by atoms with E-state index in [4.69, 9.17) is 5.73 Å². The Kier molecular flexibility index (Phi) is 6.69. The standard InChI is InChI=1S/C15H29NO2/c1-2-3-4-5-6-7-8-11-15(12-16,14(17)18)13-9-10-13/h13H,2-12,16H2,1H3,(H,17,18). The van der Waals surface area contributed by atoms with E-state index in [2.05, 4.69) is 6.92 Å². The average molecular weight is 255 g/mol. The van der Waals surface area contributed by atoms with Crippen LogP contribution in [0.3, 0.4) is 0 Å². The third-order valence-electron chi connectivity index (χ3n) is 4.38. The minimum absolute atomic E-state index is 0.308. The van der Waals surface area contributed by atoms with Gasteiger partial charge in [-0.1, -0.05) is 51.9 Å². The molecule has 0 heterocycles. The SMILES string of the molecule is CCCCCCCCCC(CN)(C(=O)O)C1CC1. The van der Waals surface area contributed by atoms with Crippen LogP contribution in [0.1, 0.15) is 71.1 Å². The summed E-state index contributed by atoms with van der Waals surface area (Å²) in [5.74, 6) is -0.321. The van der Waals surface area contributed by atoms with Crippen molar-refractivity contribution >= 4 is 5.97 Å². The van der Waals surface area contributed by atoms with Crippen molar-refractivity contribution in [1.82, 2.24) is 0 Å². The van der Waals surface area contributed by atoms with E-state index in [9.17, 15) is 9.90 Å². The first-order valence-electron chi connectivity index (χ1n) is 7.61. The van der Waals surface area contributed by atoms with Crippen LogP contribution in [-0.4, -0.2) is 17.6 Å². The molecule has 1 aliphatic rings. The highest BCUT2D eigenvalue weighted by Gasteiger charge is 2.49. The molecule has 0 aliphatic heterocycles. The van der Waals surface area contributed by atoms with Crippen molar-refractivity contribution in [1.29, 1.82) is 0 Å². The van der Waals surface area contributed by atoms with Gasteiger partial charge in [0.05, 0.1) is 5.41 Å². The van der Waals surface area contributed by atoms with Gasteiger partial charge in [0.25, 0.3) is 0 Å². The maximum absolute atomic E-state index is 11.5. The highest BCUT2D eigenvalue weighted by Crippen LogP contribution is 2.48. The number of nitrogens with two attached hydrogens (primary N) is 1. The highest BCUT2D eigenvalue weighted by molar-refractivity contribution is 5.75. The van der Waals surface area contributed by atoms with Crippen molar-refractivity contribution in [2.75, 3.05) is 6.54 Å². The monoisotopic (exact) mass is 255 g/mol. The maximum atomic E-state index is 11.5. The number of carbonyl (C=O) groups is 1. The topological polar surface area (TPSA) is 63.3 Å². The molecule has 0 aromatic rings. The minimum Gasteiger partial charge on any atom is -0.481 e. The second-order valence-corrected chi connectivity index (χ2v) is 5.81. The molecule has 0 radical (unpaired) electrons. The summed E-state index contributed by atoms with van der Waals surface area (Å²) in [6.07, 6.45) is 11.5. The Bertz CT molecular complexity index is 251. The van der Waals surface area contributed by atoms with Crippen LogP contribution in [0.2, 0.25) is 0 Å². The summed E-state index contributed by atoms with van der Waals surface area (Å²) in [5.41, 5.74) is 5.14. The van der Waals surface area contributed by atoms with Crippen LogP contribution in [0.5, 0.6) is 0 Å². The second kappa shape index (κ2) is 7.78. The Balaban J connectivity index is 2.20. The molecule has 1 rings (SSSR count). The van der Waals surface area contributed by atoms with E-state index in [0.717, 1.165) is 32.1 Å². The Morgan fingerprint density at radius 2 is 1.72 bits per heavy atom. The van der Waals surface area contributed by atoms with Crippen molar-refractivity contribution in [3.05, 3.63) is 0 Å². The number of hydrogen-bond acceptors (Lipinski definition) is 2. The zero-order valence-corrected chi connectivity index (χ0v) is 11.8. The van der Waals surface area contributed by atoms with E-state index in [1.807, 2.05) is 0 Å². The van der Waals surface area contributed by atoms with Crippen molar-refractivity contribution in [3.8, 4) is 0 Å². The predicted molar refractivity (Wildman–Crippen MR) is 74.5 cm³/mol. The molecule has 106 valence electrons. The minimum atomic E-state index is -0.668. The van der Waals surface area contributed by atoms with Crippen molar-refractivity contribution in [2.45, 2.75) is 71.1 Å². The number of carboxylic acid groups (broad SMARTS) is 1. The Morgan fingerprint density at radius 3 is 2.17 bits per heavy atom.